The number of hydrogen-bond donors (Lipinski definition) is 0. The standard InChI is InChI=1S/C44H26O2/c1-2-11-28(12-3-1)41-33-14-6-8-16-35(33)42(36-17-9-7-15-34(36)41)31-20-21-32-37-22-23-38-39(26-45-43(38)44(37)46-40(32)25-31)30-19-18-27-10-4-5-13-29(27)24-30/h1-26H/i6D,7D,8D,9D,14D,15D,16D,17D. The van der Waals surface area contributed by atoms with Crippen molar-refractivity contribution in [1.29, 1.82) is 0 Å². The highest BCUT2D eigenvalue weighted by Gasteiger charge is 2.20. The summed E-state index contributed by atoms with van der Waals surface area (Å²) in [5.41, 5.74) is 5.17. The van der Waals surface area contributed by atoms with Crippen LogP contribution in [0.4, 0.5) is 0 Å². The zero-order valence-corrected chi connectivity index (χ0v) is 24.2. The number of furan rings is 2. The number of fused-ring (bicyclic) bond motifs is 8. The fourth-order valence-electron chi connectivity index (χ4n) is 6.87. The highest BCUT2D eigenvalue weighted by atomic mass is 16.4. The van der Waals surface area contributed by atoms with Gasteiger partial charge < -0.3 is 8.83 Å². The quantitative estimate of drug-likeness (QED) is 0.190. The van der Waals surface area contributed by atoms with Gasteiger partial charge in [-0.15, -0.1) is 0 Å². The maximum atomic E-state index is 9.21. The van der Waals surface area contributed by atoms with Gasteiger partial charge in [-0.3, -0.25) is 0 Å². The van der Waals surface area contributed by atoms with Crippen molar-refractivity contribution in [3.05, 3.63) is 158 Å². The van der Waals surface area contributed by atoms with Crippen LogP contribution in [0, 0.1) is 0 Å². The predicted molar refractivity (Wildman–Crippen MR) is 192 cm³/mol. The van der Waals surface area contributed by atoms with Crippen molar-refractivity contribution in [2.75, 3.05) is 0 Å². The first-order valence-corrected chi connectivity index (χ1v) is 15.0. The molecule has 46 heavy (non-hydrogen) atoms. The molecule has 0 bridgehead atoms. The lowest BCUT2D eigenvalue weighted by Gasteiger charge is -2.17. The molecule has 0 radical (unpaired) electrons. The van der Waals surface area contributed by atoms with E-state index in [0.29, 0.717) is 33.4 Å². The Labute approximate surface area is 276 Å². The second-order valence-electron chi connectivity index (χ2n) is 11.5. The van der Waals surface area contributed by atoms with Gasteiger partial charge in [-0.05, 0) is 90.5 Å². The maximum Gasteiger partial charge on any atom is 0.178 e. The minimum absolute atomic E-state index is 0.154. The van der Waals surface area contributed by atoms with E-state index in [9.17, 15) is 2.74 Å². The number of rotatable bonds is 3. The van der Waals surface area contributed by atoms with Gasteiger partial charge >= 0.3 is 0 Å². The summed E-state index contributed by atoms with van der Waals surface area (Å²) in [6, 6.07) is 29.9. The molecule has 2 nitrogen and oxygen atoms in total. The van der Waals surface area contributed by atoms with E-state index in [1.54, 1.807) is 36.6 Å². The summed E-state index contributed by atoms with van der Waals surface area (Å²) in [6.07, 6.45) is 1.74. The Morgan fingerprint density at radius 1 is 0.435 bits per heavy atom. The Hall–Kier alpha value is -6.12. The first kappa shape index (κ1) is 18.6. The van der Waals surface area contributed by atoms with E-state index in [1.165, 1.54) is 0 Å². The van der Waals surface area contributed by atoms with Crippen molar-refractivity contribution in [1.82, 2.24) is 0 Å². The van der Waals surface area contributed by atoms with Crippen LogP contribution in [0.1, 0.15) is 11.0 Å². The van der Waals surface area contributed by atoms with Crippen LogP contribution in [0.15, 0.2) is 167 Å². The molecule has 10 aromatic rings. The Morgan fingerprint density at radius 2 is 1.04 bits per heavy atom. The molecule has 0 aliphatic rings. The molecule has 0 N–H and O–H groups in total. The Bertz CT molecular complexity index is 3170. The van der Waals surface area contributed by atoms with Crippen molar-refractivity contribution in [3.8, 4) is 33.4 Å². The van der Waals surface area contributed by atoms with Gasteiger partial charge in [0.15, 0.2) is 11.2 Å². The molecule has 0 unspecified atom stereocenters. The highest BCUT2D eigenvalue weighted by molar-refractivity contribution is 6.22. The lowest BCUT2D eigenvalue weighted by Crippen LogP contribution is -1.90. The van der Waals surface area contributed by atoms with E-state index in [0.717, 1.165) is 38.1 Å². The van der Waals surface area contributed by atoms with Crippen LogP contribution >= 0.6 is 0 Å². The van der Waals surface area contributed by atoms with E-state index in [-0.39, 0.29) is 51.3 Å². The van der Waals surface area contributed by atoms with Gasteiger partial charge in [-0.2, -0.15) is 0 Å². The van der Waals surface area contributed by atoms with Crippen molar-refractivity contribution in [2.45, 2.75) is 0 Å². The van der Waals surface area contributed by atoms with E-state index in [1.807, 2.05) is 42.5 Å². The first-order valence-electron chi connectivity index (χ1n) is 19.0. The fraction of sp³-hybridized carbons (Fsp3) is 0. The zero-order chi connectivity index (χ0) is 37.2. The summed E-state index contributed by atoms with van der Waals surface area (Å²) in [5.74, 6) is 0. The minimum Gasteiger partial charge on any atom is -0.460 e. The van der Waals surface area contributed by atoms with Crippen molar-refractivity contribution in [2.24, 2.45) is 0 Å². The van der Waals surface area contributed by atoms with E-state index < -0.39 is 24.2 Å². The lowest BCUT2D eigenvalue weighted by atomic mass is 9.86. The first-order chi connectivity index (χ1) is 26.1. The van der Waals surface area contributed by atoms with Crippen molar-refractivity contribution in [3.63, 3.8) is 0 Å². The van der Waals surface area contributed by atoms with Gasteiger partial charge in [0.2, 0.25) is 0 Å². The van der Waals surface area contributed by atoms with Crippen molar-refractivity contribution >= 4 is 65.2 Å². The molecule has 0 atom stereocenters. The Balaban J connectivity index is 1.28. The molecule has 2 heteroatoms. The molecule has 2 aromatic heterocycles. The molecule has 0 saturated carbocycles. The van der Waals surface area contributed by atoms with Gasteiger partial charge in [0, 0.05) is 21.7 Å². The maximum absolute atomic E-state index is 9.21. The smallest absolute Gasteiger partial charge is 0.178 e. The average molecular weight is 595 g/mol. The van der Waals surface area contributed by atoms with Gasteiger partial charge in [-0.25, -0.2) is 0 Å². The summed E-state index contributed by atoms with van der Waals surface area (Å²) in [5, 5.41) is 5.41. The summed E-state index contributed by atoms with van der Waals surface area (Å²) >= 11 is 0. The molecule has 8 aromatic carbocycles. The summed E-state index contributed by atoms with van der Waals surface area (Å²) in [4.78, 5) is 0. The number of hydrogen-bond acceptors (Lipinski definition) is 2. The molecule has 0 aliphatic heterocycles. The van der Waals surface area contributed by atoms with Crippen molar-refractivity contribution < 1.29 is 19.8 Å². The summed E-state index contributed by atoms with van der Waals surface area (Å²) in [7, 11) is 0. The summed E-state index contributed by atoms with van der Waals surface area (Å²) < 4.78 is 84.1. The van der Waals surface area contributed by atoms with Gasteiger partial charge in [0.05, 0.1) is 17.2 Å². The fourth-order valence-corrected chi connectivity index (χ4v) is 6.87. The second-order valence-corrected chi connectivity index (χ2v) is 11.5. The van der Waals surface area contributed by atoms with Crippen LogP contribution in [0.2, 0.25) is 0 Å². The van der Waals surface area contributed by atoms with Gasteiger partial charge in [-0.1, -0.05) is 121 Å². The molecule has 0 saturated heterocycles. The van der Waals surface area contributed by atoms with E-state index in [2.05, 4.69) is 30.3 Å². The van der Waals surface area contributed by atoms with Crippen LogP contribution in [-0.4, -0.2) is 0 Å². The lowest BCUT2D eigenvalue weighted by molar-refractivity contribution is 0.600. The molecule has 214 valence electrons. The third-order valence-corrected chi connectivity index (χ3v) is 8.97. The van der Waals surface area contributed by atoms with Gasteiger partial charge in [0.1, 0.15) is 5.58 Å². The monoisotopic (exact) mass is 594 g/mol. The molecule has 0 amide bonds. The molecule has 0 fully saturated rings. The van der Waals surface area contributed by atoms with E-state index in [4.69, 9.17) is 17.1 Å². The molecular weight excluding hydrogens is 560 g/mol. The van der Waals surface area contributed by atoms with Crippen LogP contribution in [-0.2, 0) is 0 Å². The number of benzene rings is 8. The Morgan fingerprint density at radius 3 is 1.78 bits per heavy atom. The van der Waals surface area contributed by atoms with Crippen LogP contribution < -0.4 is 0 Å². The third kappa shape index (κ3) is 3.65. The zero-order valence-electron chi connectivity index (χ0n) is 32.2. The van der Waals surface area contributed by atoms with Crippen LogP contribution in [0.5, 0.6) is 0 Å². The minimum atomic E-state index is -0.444. The molecule has 2 heterocycles. The highest BCUT2D eigenvalue weighted by Crippen LogP contribution is 2.45. The topological polar surface area (TPSA) is 26.3 Å². The van der Waals surface area contributed by atoms with Crippen LogP contribution in [0.3, 0.4) is 0 Å². The molecule has 0 spiro atoms. The molecule has 10 rings (SSSR count). The van der Waals surface area contributed by atoms with E-state index >= 15 is 0 Å². The molecular formula is C44H26O2. The SMILES string of the molecule is [2H]c1c([2H])c([2H])c2c(-c3ccc4c(c3)oc3c4ccc4c(-c5ccc6ccccc6c5)coc43)c3c([2H])c([2H])c([2H])c([2H])c3c(-c3ccccc3)c2c1[2H]. The molecule has 0 aliphatic carbocycles. The normalized spacial score (nSPS) is 14.3. The summed E-state index contributed by atoms with van der Waals surface area (Å²) in [6.45, 7) is 0. The largest absolute Gasteiger partial charge is 0.460 e. The van der Waals surface area contributed by atoms with Crippen LogP contribution in [0.25, 0.3) is 98.6 Å². The third-order valence-electron chi connectivity index (χ3n) is 8.97. The predicted octanol–water partition coefficient (Wildman–Crippen LogP) is 12.8. The average Bonchev–Trinajstić information content (AvgIpc) is 3.81. The Kier molecular flexibility index (Phi) is 3.92. The second kappa shape index (κ2) is 9.69. The van der Waals surface area contributed by atoms with Gasteiger partial charge in [0.25, 0.3) is 0 Å².